The topological polar surface area (TPSA) is 59.4 Å². The Hall–Kier alpha value is -2.10. The molecule has 0 atom stereocenters. The van der Waals surface area contributed by atoms with Gasteiger partial charge in [0.05, 0.1) is 6.61 Å². The quantitative estimate of drug-likeness (QED) is 0.894. The van der Waals surface area contributed by atoms with Crippen LogP contribution in [0.3, 0.4) is 0 Å². The number of aromatic nitrogens is 1. The van der Waals surface area contributed by atoms with E-state index in [1.54, 1.807) is 6.07 Å². The van der Waals surface area contributed by atoms with Crippen molar-refractivity contribution in [3.63, 3.8) is 0 Å². The Bertz CT molecular complexity index is 620. The van der Waals surface area contributed by atoms with Crippen LogP contribution >= 0.6 is 0 Å². The molecule has 0 radical (unpaired) electrons. The highest BCUT2D eigenvalue weighted by Crippen LogP contribution is 2.32. The molecule has 4 nitrogen and oxygen atoms in total. The van der Waals surface area contributed by atoms with Crippen LogP contribution in [-0.2, 0) is 0 Å². The molecular formula is C15H15NO3. The van der Waals surface area contributed by atoms with Gasteiger partial charge in [0, 0.05) is 5.39 Å². The van der Waals surface area contributed by atoms with Crippen molar-refractivity contribution in [2.24, 2.45) is 5.92 Å². The highest BCUT2D eigenvalue weighted by Gasteiger charge is 2.21. The minimum absolute atomic E-state index is 0.0279. The Morgan fingerprint density at radius 3 is 2.89 bits per heavy atom. The average Bonchev–Trinajstić information content (AvgIpc) is 3.22. The number of ether oxygens (including phenoxy) is 1. The van der Waals surface area contributed by atoms with Crippen molar-refractivity contribution in [1.82, 2.24) is 4.98 Å². The summed E-state index contributed by atoms with van der Waals surface area (Å²) in [5.74, 6) is 0.183. The van der Waals surface area contributed by atoms with E-state index in [1.165, 1.54) is 12.8 Å². The van der Waals surface area contributed by atoms with Crippen molar-refractivity contribution in [3.8, 4) is 5.88 Å². The first-order valence-corrected chi connectivity index (χ1v) is 6.50. The lowest BCUT2D eigenvalue weighted by Crippen LogP contribution is -2.05. The molecule has 98 valence electrons. The number of carboxylic acid groups (broad SMARTS) is 1. The van der Waals surface area contributed by atoms with Gasteiger partial charge in [-0.15, -0.1) is 0 Å². The van der Waals surface area contributed by atoms with E-state index in [4.69, 9.17) is 9.84 Å². The van der Waals surface area contributed by atoms with Crippen LogP contribution in [-0.4, -0.2) is 22.7 Å². The van der Waals surface area contributed by atoms with Gasteiger partial charge in [-0.05, 0) is 29.9 Å². The summed E-state index contributed by atoms with van der Waals surface area (Å²) in [5.41, 5.74) is 0.0279. The van der Waals surface area contributed by atoms with Crippen LogP contribution in [0.1, 0.15) is 29.8 Å². The van der Waals surface area contributed by atoms with E-state index in [2.05, 4.69) is 4.98 Å². The largest absolute Gasteiger partial charge is 0.477 e. The second-order valence-corrected chi connectivity index (χ2v) is 4.92. The van der Waals surface area contributed by atoms with Gasteiger partial charge >= 0.3 is 5.97 Å². The molecule has 1 saturated carbocycles. The Kier molecular flexibility index (Phi) is 3.07. The van der Waals surface area contributed by atoms with E-state index >= 15 is 0 Å². The number of fused-ring (bicyclic) bond motifs is 1. The van der Waals surface area contributed by atoms with Crippen LogP contribution in [0.15, 0.2) is 30.3 Å². The standard InChI is InChI=1S/C15H15NO3/c17-15(18)13-9-11-3-1-2-4-12(11)14(16-13)19-8-7-10-5-6-10/h1-4,9-10H,5-8H2,(H,17,18). The molecule has 0 unspecified atom stereocenters. The number of pyridine rings is 1. The van der Waals surface area contributed by atoms with Gasteiger partial charge in [0.15, 0.2) is 5.69 Å². The molecule has 3 rings (SSSR count). The van der Waals surface area contributed by atoms with Crippen molar-refractivity contribution in [2.45, 2.75) is 19.3 Å². The van der Waals surface area contributed by atoms with Gasteiger partial charge in [-0.1, -0.05) is 31.0 Å². The molecule has 1 heterocycles. The number of hydrogen-bond acceptors (Lipinski definition) is 3. The van der Waals surface area contributed by atoms with Gasteiger partial charge in [0.1, 0.15) is 0 Å². The number of aromatic carboxylic acids is 1. The highest BCUT2D eigenvalue weighted by atomic mass is 16.5. The summed E-state index contributed by atoms with van der Waals surface area (Å²) in [5, 5.41) is 10.8. The molecule has 1 aliphatic carbocycles. The third-order valence-corrected chi connectivity index (χ3v) is 3.39. The number of rotatable bonds is 5. The molecule has 0 spiro atoms. The predicted octanol–water partition coefficient (Wildman–Crippen LogP) is 3.11. The van der Waals surface area contributed by atoms with Crippen LogP contribution < -0.4 is 4.74 Å². The fourth-order valence-corrected chi connectivity index (χ4v) is 2.12. The fourth-order valence-electron chi connectivity index (χ4n) is 2.12. The molecular weight excluding hydrogens is 242 g/mol. The molecule has 2 aromatic rings. The zero-order valence-corrected chi connectivity index (χ0v) is 10.5. The SMILES string of the molecule is O=C(O)c1cc2ccccc2c(OCCC2CC2)n1. The van der Waals surface area contributed by atoms with Gasteiger partial charge in [-0.2, -0.15) is 0 Å². The molecule has 0 saturated heterocycles. The van der Waals surface area contributed by atoms with E-state index in [1.807, 2.05) is 24.3 Å². The van der Waals surface area contributed by atoms with Crippen LogP contribution in [0.2, 0.25) is 0 Å². The molecule has 1 fully saturated rings. The maximum absolute atomic E-state index is 11.1. The summed E-state index contributed by atoms with van der Waals surface area (Å²) >= 11 is 0. The second-order valence-electron chi connectivity index (χ2n) is 4.92. The zero-order chi connectivity index (χ0) is 13.2. The van der Waals surface area contributed by atoms with E-state index in [9.17, 15) is 4.79 Å². The Balaban J connectivity index is 1.91. The summed E-state index contributed by atoms with van der Waals surface area (Å²) in [6.45, 7) is 0.602. The zero-order valence-electron chi connectivity index (χ0n) is 10.5. The normalized spacial score (nSPS) is 14.5. The Morgan fingerprint density at radius 2 is 2.16 bits per heavy atom. The summed E-state index contributed by atoms with van der Waals surface area (Å²) in [6, 6.07) is 9.13. The number of hydrogen-bond donors (Lipinski definition) is 1. The van der Waals surface area contributed by atoms with Crippen molar-refractivity contribution in [3.05, 3.63) is 36.0 Å². The lowest BCUT2D eigenvalue weighted by atomic mass is 10.1. The first kappa shape index (κ1) is 12.0. The van der Waals surface area contributed by atoms with E-state index in [-0.39, 0.29) is 5.69 Å². The maximum Gasteiger partial charge on any atom is 0.354 e. The second kappa shape index (κ2) is 4.88. The molecule has 19 heavy (non-hydrogen) atoms. The first-order valence-electron chi connectivity index (χ1n) is 6.50. The highest BCUT2D eigenvalue weighted by molar-refractivity contribution is 5.94. The molecule has 1 aliphatic rings. The lowest BCUT2D eigenvalue weighted by Gasteiger charge is -2.09. The molecule has 0 amide bonds. The monoisotopic (exact) mass is 257 g/mol. The molecule has 1 aromatic carbocycles. The van der Waals surface area contributed by atoms with Crippen molar-refractivity contribution in [2.75, 3.05) is 6.61 Å². The Labute approximate surface area is 111 Å². The van der Waals surface area contributed by atoms with Crippen LogP contribution in [0.4, 0.5) is 0 Å². The summed E-state index contributed by atoms with van der Waals surface area (Å²) in [6.07, 6.45) is 3.59. The van der Waals surface area contributed by atoms with Crippen molar-refractivity contribution in [1.29, 1.82) is 0 Å². The molecule has 0 aliphatic heterocycles. The predicted molar refractivity (Wildman–Crippen MR) is 71.5 cm³/mol. The molecule has 1 N–H and O–H groups in total. The number of benzene rings is 1. The van der Waals surface area contributed by atoms with Gasteiger partial charge in [0.25, 0.3) is 0 Å². The van der Waals surface area contributed by atoms with E-state index in [0.29, 0.717) is 12.5 Å². The van der Waals surface area contributed by atoms with Gasteiger partial charge in [-0.25, -0.2) is 9.78 Å². The molecule has 4 heteroatoms. The Morgan fingerprint density at radius 1 is 1.37 bits per heavy atom. The van der Waals surface area contributed by atoms with Crippen LogP contribution in [0.5, 0.6) is 5.88 Å². The van der Waals surface area contributed by atoms with Crippen LogP contribution in [0.25, 0.3) is 10.8 Å². The van der Waals surface area contributed by atoms with Gasteiger partial charge in [0.2, 0.25) is 5.88 Å². The maximum atomic E-state index is 11.1. The smallest absolute Gasteiger partial charge is 0.354 e. The minimum Gasteiger partial charge on any atom is -0.477 e. The van der Waals surface area contributed by atoms with E-state index in [0.717, 1.165) is 23.1 Å². The van der Waals surface area contributed by atoms with Gasteiger partial charge < -0.3 is 9.84 Å². The molecule has 1 aromatic heterocycles. The summed E-state index contributed by atoms with van der Waals surface area (Å²) in [4.78, 5) is 15.2. The summed E-state index contributed by atoms with van der Waals surface area (Å²) < 4.78 is 5.69. The van der Waals surface area contributed by atoms with Crippen molar-refractivity contribution >= 4 is 16.7 Å². The summed E-state index contributed by atoms with van der Waals surface area (Å²) in [7, 11) is 0. The average molecular weight is 257 g/mol. The number of carbonyl (C=O) groups is 1. The van der Waals surface area contributed by atoms with Crippen molar-refractivity contribution < 1.29 is 14.6 Å². The number of nitrogens with zero attached hydrogens (tertiary/aromatic N) is 1. The number of carboxylic acids is 1. The fraction of sp³-hybridized carbons (Fsp3) is 0.333. The first-order chi connectivity index (χ1) is 9.24. The van der Waals surface area contributed by atoms with Gasteiger partial charge in [-0.3, -0.25) is 0 Å². The third-order valence-electron chi connectivity index (χ3n) is 3.39. The minimum atomic E-state index is -1.03. The van der Waals surface area contributed by atoms with E-state index < -0.39 is 5.97 Å². The lowest BCUT2D eigenvalue weighted by molar-refractivity contribution is 0.0689. The molecule has 0 bridgehead atoms. The third kappa shape index (κ3) is 2.67. The van der Waals surface area contributed by atoms with Crippen LogP contribution in [0, 0.1) is 5.92 Å².